The summed E-state index contributed by atoms with van der Waals surface area (Å²) < 4.78 is 0. The SMILES string of the molecule is C[PH+](C[PH+](C)c1ccccc1)c1ccccc1.[Au+].[Au+].[C-]#Cc1c2ccccc2cc2ccccc12.[C-]#Cc1c2ccccc2cc2ccccc12. The molecule has 0 fully saturated rings. The van der Waals surface area contributed by atoms with Gasteiger partial charge >= 0.3 is 44.8 Å². The van der Waals surface area contributed by atoms with E-state index < -0.39 is 0 Å². The van der Waals surface area contributed by atoms with Crippen molar-refractivity contribution in [3.63, 3.8) is 0 Å². The molecule has 0 radical (unpaired) electrons. The normalized spacial score (nSPS) is 11.3. The van der Waals surface area contributed by atoms with Crippen molar-refractivity contribution in [3.05, 3.63) is 194 Å². The van der Waals surface area contributed by atoms with Crippen LogP contribution in [0.15, 0.2) is 170 Å². The maximum absolute atomic E-state index is 7.46. The molecule has 0 N–H and O–H groups in total. The van der Waals surface area contributed by atoms with E-state index in [0.717, 1.165) is 54.2 Å². The van der Waals surface area contributed by atoms with Gasteiger partial charge in [0.1, 0.15) is 0 Å². The van der Waals surface area contributed by atoms with Crippen LogP contribution in [0.5, 0.6) is 0 Å². The van der Waals surface area contributed by atoms with Crippen LogP contribution >= 0.6 is 15.8 Å². The van der Waals surface area contributed by atoms with Gasteiger partial charge in [-0.15, -0.1) is 11.1 Å². The molecule has 0 aliphatic heterocycles. The topological polar surface area (TPSA) is 0 Å². The molecule has 0 aromatic heterocycles. The van der Waals surface area contributed by atoms with E-state index in [0.29, 0.717) is 0 Å². The summed E-state index contributed by atoms with van der Waals surface area (Å²) >= 11 is 0. The Morgan fingerprint density at radius 1 is 0.392 bits per heavy atom. The molecule has 0 nitrogen and oxygen atoms in total. The van der Waals surface area contributed by atoms with Gasteiger partial charge in [0.25, 0.3) is 0 Å². The molecule has 0 heterocycles. The van der Waals surface area contributed by atoms with Crippen LogP contribution in [-0.2, 0) is 44.8 Å². The van der Waals surface area contributed by atoms with Crippen molar-refractivity contribution in [1.29, 1.82) is 0 Å². The molecule has 4 heteroatoms. The van der Waals surface area contributed by atoms with Crippen molar-refractivity contribution in [2.24, 2.45) is 0 Å². The van der Waals surface area contributed by atoms with E-state index in [1.807, 2.05) is 72.8 Å². The molecule has 0 aliphatic rings. The quantitative estimate of drug-likeness (QED) is 0.0542. The first-order chi connectivity index (χ1) is 24.1. The maximum atomic E-state index is 7.46. The fourth-order valence-corrected chi connectivity index (χ4v) is 12.7. The van der Waals surface area contributed by atoms with E-state index >= 15 is 0 Å². The summed E-state index contributed by atoms with van der Waals surface area (Å²) in [5.41, 5.74) is 1.77. The molecule has 0 saturated carbocycles. The molecule has 0 aliphatic carbocycles. The predicted octanol–water partition coefficient (Wildman–Crippen LogP) is 11.1. The molecule has 8 rings (SSSR count). The van der Waals surface area contributed by atoms with E-state index in [1.165, 1.54) is 5.90 Å². The van der Waals surface area contributed by atoms with Gasteiger partial charge in [0.15, 0.2) is 5.90 Å². The fourth-order valence-electron chi connectivity index (χ4n) is 6.34. The largest absolute Gasteiger partial charge is 1.00 e. The van der Waals surface area contributed by atoms with Gasteiger partial charge in [-0.25, -0.2) is 0 Å². The zero-order valence-corrected chi connectivity index (χ0v) is 34.8. The molecule has 8 aromatic rings. The van der Waals surface area contributed by atoms with Gasteiger partial charge in [0.2, 0.25) is 0 Å². The number of hydrogen-bond acceptors (Lipinski definition) is 0. The first-order valence-electron chi connectivity index (χ1n) is 16.5. The fraction of sp³-hybridized carbons (Fsp3) is 0.0638. The number of fused-ring (bicyclic) bond motifs is 4. The van der Waals surface area contributed by atoms with Crippen molar-refractivity contribution < 1.29 is 44.8 Å². The molecule has 0 amide bonds. The summed E-state index contributed by atoms with van der Waals surface area (Å²) in [6.45, 7) is 4.88. The average molecular weight is 1060 g/mol. The van der Waals surface area contributed by atoms with Crippen LogP contribution in [0, 0.1) is 24.7 Å². The zero-order valence-electron chi connectivity index (χ0n) is 28.5. The summed E-state index contributed by atoms with van der Waals surface area (Å²) in [7, 11) is -0.736. The second-order valence-electron chi connectivity index (χ2n) is 12.1. The minimum atomic E-state index is -0.368. The van der Waals surface area contributed by atoms with Crippen molar-refractivity contribution in [1.82, 2.24) is 0 Å². The Bertz CT molecular complexity index is 2150. The van der Waals surface area contributed by atoms with Crippen molar-refractivity contribution in [3.8, 4) is 11.8 Å². The van der Waals surface area contributed by atoms with E-state index in [2.05, 4.69) is 122 Å². The molecule has 2 atom stereocenters. The van der Waals surface area contributed by atoms with Crippen LogP contribution < -0.4 is 10.6 Å². The third kappa shape index (κ3) is 9.78. The summed E-state index contributed by atoms with van der Waals surface area (Å²) in [5.74, 6) is 6.53. The van der Waals surface area contributed by atoms with E-state index in [1.54, 1.807) is 10.6 Å². The van der Waals surface area contributed by atoms with Gasteiger partial charge < -0.3 is 12.8 Å². The third-order valence-corrected chi connectivity index (χ3v) is 15.7. The minimum absolute atomic E-state index is 0. The number of rotatable bonds is 4. The van der Waals surface area contributed by atoms with Crippen molar-refractivity contribution in [2.75, 3.05) is 19.2 Å². The first kappa shape index (κ1) is 40.0. The molecule has 8 aromatic carbocycles. The Morgan fingerprint density at radius 2 is 0.647 bits per heavy atom. The number of hydrogen-bond donors (Lipinski definition) is 0. The molecule has 0 spiro atoms. The molecule has 256 valence electrons. The third-order valence-electron chi connectivity index (χ3n) is 8.86. The van der Waals surface area contributed by atoms with Gasteiger partial charge in [-0.3, -0.25) is 11.8 Å². The molecule has 0 saturated heterocycles. The summed E-state index contributed by atoms with van der Waals surface area (Å²) in [4.78, 5) is 0. The smallest absolute Gasteiger partial charge is 0.366 e. The van der Waals surface area contributed by atoms with E-state index in [-0.39, 0.29) is 60.6 Å². The van der Waals surface area contributed by atoms with E-state index in [4.69, 9.17) is 12.8 Å². The monoisotopic (exact) mass is 1060 g/mol. The average Bonchev–Trinajstić information content (AvgIpc) is 3.17. The van der Waals surface area contributed by atoms with Crippen LogP contribution in [-0.4, -0.2) is 19.2 Å². The van der Waals surface area contributed by atoms with Crippen LogP contribution in [0.1, 0.15) is 11.1 Å². The second kappa shape index (κ2) is 19.8. The molecule has 0 bridgehead atoms. The van der Waals surface area contributed by atoms with Crippen LogP contribution in [0.3, 0.4) is 0 Å². The number of benzene rings is 8. The van der Waals surface area contributed by atoms with Crippen LogP contribution in [0.25, 0.3) is 43.1 Å². The van der Waals surface area contributed by atoms with Gasteiger partial charge in [-0.1, -0.05) is 155 Å². The Hall–Kier alpha value is -3.74. The molecular formula is C47H38Au2P2+2. The van der Waals surface area contributed by atoms with Gasteiger partial charge in [-0.2, -0.15) is 0 Å². The Kier molecular flexibility index (Phi) is 15.5. The van der Waals surface area contributed by atoms with Crippen LogP contribution in [0.2, 0.25) is 0 Å². The molecule has 2 unspecified atom stereocenters. The van der Waals surface area contributed by atoms with Gasteiger partial charge in [0, 0.05) is 0 Å². The minimum Gasteiger partial charge on any atom is -0.366 e. The predicted molar refractivity (Wildman–Crippen MR) is 221 cm³/mol. The summed E-state index contributed by atoms with van der Waals surface area (Å²) in [5, 5.41) is 12.2. The molecular weight excluding hydrogens is 1020 g/mol. The summed E-state index contributed by atoms with van der Waals surface area (Å²) in [6.07, 6.45) is 14.9. The zero-order chi connectivity index (χ0) is 34.0. The first-order valence-corrected chi connectivity index (χ1v) is 20.9. The van der Waals surface area contributed by atoms with Crippen LogP contribution in [0.4, 0.5) is 0 Å². The Labute approximate surface area is 336 Å². The Morgan fingerprint density at radius 3 is 0.922 bits per heavy atom. The molecule has 51 heavy (non-hydrogen) atoms. The summed E-state index contributed by atoms with van der Waals surface area (Å²) in [6, 6.07) is 58.8. The standard InChI is InChI=1S/2C16H9.C15H18P2.2Au/c2*1-2-14-15-9-5-3-7-12(15)11-13-8-4-6-10-16(13)14;1-16(14-9-5-3-6-10-14)13-17(2)15-11-7-4-8-12-15;;/h2*3-11H;3-12H,13H2,1-2H3;;/q2*-1;;2*+1/p+2. The van der Waals surface area contributed by atoms with Crippen molar-refractivity contribution >= 4 is 69.5 Å². The van der Waals surface area contributed by atoms with E-state index in [9.17, 15) is 0 Å². The maximum Gasteiger partial charge on any atom is 1.00 e. The second-order valence-corrected chi connectivity index (χ2v) is 17.8. The van der Waals surface area contributed by atoms with Gasteiger partial charge in [0.05, 0.1) is 39.8 Å². The van der Waals surface area contributed by atoms with Crippen molar-refractivity contribution in [2.45, 2.75) is 0 Å². The van der Waals surface area contributed by atoms with Gasteiger partial charge in [-0.05, 0) is 57.9 Å². The Balaban J connectivity index is 0.000000168.